The van der Waals surface area contributed by atoms with Crippen LogP contribution >= 0.6 is 27.5 Å². The van der Waals surface area contributed by atoms with Gasteiger partial charge in [-0.05, 0) is 47.4 Å². The minimum absolute atomic E-state index is 0.0871. The van der Waals surface area contributed by atoms with Gasteiger partial charge in [-0.25, -0.2) is 4.98 Å². The third-order valence-electron chi connectivity index (χ3n) is 4.20. The molecule has 0 aliphatic heterocycles. The molecule has 2 atom stereocenters. The topological polar surface area (TPSA) is 84.2 Å². The highest BCUT2D eigenvalue weighted by Gasteiger charge is 2.21. The Morgan fingerprint density at radius 1 is 1.42 bits per heavy atom. The largest absolute Gasteiger partial charge is 0.392 e. The van der Waals surface area contributed by atoms with Gasteiger partial charge in [-0.3, -0.25) is 14.2 Å². The first-order valence-electron chi connectivity index (χ1n) is 8.64. The molecule has 0 aliphatic carbocycles. The van der Waals surface area contributed by atoms with Gasteiger partial charge in [-0.1, -0.05) is 25.4 Å². The van der Waals surface area contributed by atoms with Crippen molar-refractivity contribution in [2.45, 2.75) is 51.8 Å². The lowest BCUT2D eigenvalue weighted by atomic mass is 10.0. The van der Waals surface area contributed by atoms with Crippen LogP contribution in [0.4, 0.5) is 0 Å². The molecule has 0 saturated carbocycles. The van der Waals surface area contributed by atoms with E-state index in [-0.39, 0.29) is 30.3 Å². The Morgan fingerprint density at radius 3 is 2.81 bits per heavy atom. The van der Waals surface area contributed by atoms with Gasteiger partial charge < -0.3 is 10.4 Å². The number of aliphatic hydroxyl groups excluding tert-OH is 1. The number of rotatable bonds is 9. The molecule has 0 radical (unpaired) electrons. The summed E-state index contributed by atoms with van der Waals surface area (Å²) in [6, 6.07) is 2.90. The van der Waals surface area contributed by atoms with Gasteiger partial charge in [0.25, 0.3) is 5.56 Å². The molecule has 1 aromatic carbocycles. The van der Waals surface area contributed by atoms with Gasteiger partial charge >= 0.3 is 0 Å². The number of aliphatic hydroxyl groups is 1. The fraction of sp³-hybridized carbons (Fsp3) is 0.500. The van der Waals surface area contributed by atoms with Crippen LogP contribution in [0.2, 0.25) is 5.02 Å². The van der Waals surface area contributed by atoms with E-state index in [1.165, 1.54) is 10.9 Å². The number of hydrogen-bond donors (Lipinski definition) is 2. The molecular weight excluding hydrogens is 422 g/mol. The molecule has 0 spiro atoms. The summed E-state index contributed by atoms with van der Waals surface area (Å²) >= 11 is 9.36. The summed E-state index contributed by atoms with van der Waals surface area (Å²) in [6.45, 7) is 4.53. The van der Waals surface area contributed by atoms with E-state index in [2.05, 4.69) is 26.2 Å². The maximum absolute atomic E-state index is 12.6. The second-order valence-electron chi connectivity index (χ2n) is 6.24. The molecule has 2 aromatic rings. The molecule has 2 N–H and O–H groups in total. The third kappa shape index (κ3) is 5.13. The number of carbonyl (C=O) groups excluding carboxylic acids is 1. The van der Waals surface area contributed by atoms with E-state index >= 15 is 0 Å². The number of halogens is 2. The SMILES string of the molecule is CCCNC(CC(=O)Cn1cnc2cc(Br)c(Cl)cc2c1=O)C(O)CC. The monoisotopic (exact) mass is 443 g/mol. The first-order chi connectivity index (χ1) is 12.4. The van der Waals surface area contributed by atoms with Crippen LogP contribution in [0.3, 0.4) is 0 Å². The molecule has 0 saturated heterocycles. The minimum Gasteiger partial charge on any atom is -0.392 e. The van der Waals surface area contributed by atoms with E-state index < -0.39 is 6.10 Å². The van der Waals surface area contributed by atoms with Gasteiger partial charge in [-0.15, -0.1) is 0 Å². The lowest BCUT2D eigenvalue weighted by Crippen LogP contribution is -2.42. The fourth-order valence-electron chi connectivity index (χ4n) is 2.72. The average Bonchev–Trinajstić information content (AvgIpc) is 2.62. The maximum atomic E-state index is 12.6. The van der Waals surface area contributed by atoms with Crippen molar-refractivity contribution in [1.29, 1.82) is 0 Å². The Labute approximate surface area is 165 Å². The first kappa shape index (κ1) is 21.0. The average molecular weight is 445 g/mol. The molecule has 26 heavy (non-hydrogen) atoms. The molecule has 142 valence electrons. The smallest absolute Gasteiger partial charge is 0.261 e. The Kier molecular flexibility index (Phi) is 7.76. The summed E-state index contributed by atoms with van der Waals surface area (Å²) in [7, 11) is 0. The molecule has 0 fully saturated rings. The lowest BCUT2D eigenvalue weighted by molar-refractivity contribution is -0.120. The molecule has 1 heterocycles. The van der Waals surface area contributed by atoms with Crippen molar-refractivity contribution in [2.75, 3.05) is 6.54 Å². The summed E-state index contributed by atoms with van der Waals surface area (Å²) in [6.07, 6.45) is 2.38. The van der Waals surface area contributed by atoms with Crippen molar-refractivity contribution in [3.05, 3.63) is 38.3 Å². The van der Waals surface area contributed by atoms with Gasteiger partial charge in [0.15, 0.2) is 5.78 Å². The van der Waals surface area contributed by atoms with E-state index in [1.807, 2.05) is 13.8 Å². The third-order valence-corrected chi connectivity index (χ3v) is 5.40. The molecule has 8 heteroatoms. The molecule has 0 amide bonds. The molecular formula is C18H23BrClN3O3. The first-order valence-corrected chi connectivity index (χ1v) is 9.81. The van der Waals surface area contributed by atoms with Crippen LogP contribution in [0.25, 0.3) is 10.9 Å². The fourth-order valence-corrected chi connectivity index (χ4v) is 3.22. The zero-order valence-corrected chi connectivity index (χ0v) is 17.2. The van der Waals surface area contributed by atoms with E-state index in [4.69, 9.17) is 11.6 Å². The molecule has 6 nitrogen and oxygen atoms in total. The van der Waals surface area contributed by atoms with E-state index in [1.54, 1.807) is 12.1 Å². The number of fused-ring (bicyclic) bond motifs is 1. The molecule has 0 aliphatic rings. The summed E-state index contributed by atoms with van der Waals surface area (Å²) in [5, 5.41) is 14.1. The second kappa shape index (κ2) is 9.60. The Balaban J connectivity index is 2.19. The number of hydrogen-bond acceptors (Lipinski definition) is 5. The molecule has 2 rings (SSSR count). The number of nitrogens with zero attached hydrogens (tertiary/aromatic N) is 2. The number of ketones is 1. The Hall–Kier alpha value is -1.28. The van der Waals surface area contributed by atoms with Crippen LogP contribution in [0, 0.1) is 0 Å². The van der Waals surface area contributed by atoms with Crippen LogP contribution in [0.5, 0.6) is 0 Å². The van der Waals surface area contributed by atoms with E-state index in [9.17, 15) is 14.7 Å². The number of aromatic nitrogens is 2. The van der Waals surface area contributed by atoms with E-state index in [0.717, 1.165) is 13.0 Å². The number of carbonyl (C=O) groups is 1. The highest BCUT2D eigenvalue weighted by atomic mass is 79.9. The van der Waals surface area contributed by atoms with Crippen molar-refractivity contribution in [2.24, 2.45) is 0 Å². The summed E-state index contributed by atoms with van der Waals surface area (Å²) in [4.78, 5) is 29.3. The predicted molar refractivity (Wildman–Crippen MR) is 107 cm³/mol. The molecule has 2 unspecified atom stereocenters. The van der Waals surface area contributed by atoms with Gasteiger partial charge in [0.1, 0.15) is 0 Å². The minimum atomic E-state index is -0.604. The van der Waals surface area contributed by atoms with Crippen molar-refractivity contribution in [1.82, 2.24) is 14.9 Å². The highest BCUT2D eigenvalue weighted by Crippen LogP contribution is 2.25. The van der Waals surface area contributed by atoms with Crippen LogP contribution in [0.15, 0.2) is 27.7 Å². The number of Topliss-reactive ketones (excluding diaryl/α,β-unsaturated/α-hetero) is 1. The van der Waals surface area contributed by atoms with Crippen molar-refractivity contribution in [3.63, 3.8) is 0 Å². The second-order valence-corrected chi connectivity index (χ2v) is 7.50. The van der Waals surface area contributed by atoms with Gasteiger partial charge in [0.2, 0.25) is 0 Å². The van der Waals surface area contributed by atoms with Crippen LogP contribution in [-0.2, 0) is 11.3 Å². The van der Waals surface area contributed by atoms with E-state index in [0.29, 0.717) is 26.8 Å². The summed E-state index contributed by atoms with van der Waals surface area (Å²) < 4.78 is 1.94. The predicted octanol–water partition coefficient (Wildman–Crippen LogP) is 2.91. The van der Waals surface area contributed by atoms with Crippen molar-refractivity contribution >= 4 is 44.2 Å². The summed E-state index contributed by atoms with van der Waals surface area (Å²) in [5.74, 6) is -0.141. The van der Waals surface area contributed by atoms with Crippen LogP contribution < -0.4 is 10.9 Å². The molecule has 0 bridgehead atoms. The number of benzene rings is 1. The maximum Gasteiger partial charge on any atom is 0.261 e. The highest BCUT2D eigenvalue weighted by molar-refractivity contribution is 9.10. The van der Waals surface area contributed by atoms with Crippen molar-refractivity contribution in [3.8, 4) is 0 Å². The van der Waals surface area contributed by atoms with Crippen LogP contribution in [-0.4, -0.2) is 39.1 Å². The van der Waals surface area contributed by atoms with Gasteiger partial charge in [0, 0.05) is 16.9 Å². The van der Waals surface area contributed by atoms with Crippen LogP contribution in [0.1, 0.15) is 33.1 Å². The normalized spacial score (nSPS) is 13.7. The van der Waals surface area contributed by atoms with Gasteiger partial charge in [-0.2, -0.15) is 0 Å². The Bertz CT molecular complexity index is 840. The Morgan fingerprint density at radius 2 is 2.15 bits per heavy atom. The zero-order valence-electron chi connectivity index (χ0n) is 14.8. The van der Waals surface area contributed by atoms with Gasteiger partial charge in [0.05, 0.1) is 34.9 Å². The lowest BCUT2D eigenvalue weighted by Gasteiger charge is -2.22. The standard InChI is InChI=1S/C18H23BrClN3O3/c1-3-5-21-16(17(25)4-2)6-11(24)9-23-10-22-15-8-13(19)14(20)7-12(15)18(23)26/h7-8,10,16-17,21,25H,3-6,9H2,1-2H3. The number of nitrogens with one attached hydrogen (secondary N) is 1. The van der Waals surface area contributed by atoms with Crippen molar-refractivity contribution < 1.29 is 9.90 Å². The zero-order chi connectivity index (χ0) is 19.3. The summed E-state index contributed by atoms with van der Waals surface area (Å²) in [5.41, 5.74) is 0.200. The molecule has 1 aromatic heterocycles. The quantitative estimate of drug-likeness (QED) is 0.621.